The van der Waals surface area contributed by atoms with Crippen molar-refractivity contribution in [1.82, 2.24) is 9.55 Å². The third-order valence-corrected chi connectivity index (χ3v) is 6.49. The molecular weight excluding hydrogens is 422 g/mol. The molecule has 0 aliphatic carbocycles. The number of anilines is 1. The Balaban J connectivity index is 1.63. The number of para-hydroxylation sites is 3. The van der Waals surface area contributed by atoms with Gasteiger partial charge < -0.3 is 14.4 Å². The molecule has 34 heavy (non-hydrogen) atoms. The average Bonchev–Trinajstić information content (AvgIpc) is 3.29. The smallest absolute Gasteiger partial charge is 0.161 e. The summed E-state index contributed by atoms with van der Waals surface area (Å²) >= 11 is 0. The quantitative estimate of drug-likeness (QED) is 0.318. The molecule has 1 aliphatic heterocycles. The van der Waals surface area contributed by atoms with Crippen LogP contribution in [0.4, 0.5) is 5.69 Å². The number of nitrogens with zero attached hydrogens (tertiary/aromatic N) is 3. The molecule has 0 fully saturated rings. The van der Waals surface area contributed by atoms with E-state index in [4.69, 9.17) is 14.5 Å². The molecule has 0 bridgehead atoms. The van der Waals surface area contributed by atoms with Gasteiger partial charge >= 0.3 is 0 Å². The van der Waals surface area contributed by atoms with Gasteiger partial charge in [-0.15, -0.1) is 0 Å². The zero-order valence-electron chi connectivity index (χ0n) is 19.2. The van der Waals surface area contributed by atoms with Crippen molar-refractivity contribution >= 4 is 16.7 Å². The van der Waals surface area contributed by atoms with Gasteiger partial charge in [0.25, 0.3) is 0 Å². The second kappa shape index (κ2) is 8.27. The molecule has 5 heteroatoms. The molecule has 1 atom stereocenters. The summed E-state index contributed by atoms with van der Waals surface area (Å²) in [7, 11) is 3.34. The molecule has 4 aromatic carbocycles. The number of hydrogen-bond donors (Lipinski definition) is 0. The Bertz CT molecular complexity index is 1480. The van der Waals surface area contributed by atoms with E-state index in [2.05, 4.69) is 94.4 Å². The van der Waals surface area contributed by atoms with E-state index in [0.717, 1.165) is 40.2 Å². The molecule has 5 aromatic rings. The number of rotatable bonds is 5. The molecule has 5 nitrogen and oxygen atoms in total. The number of aromatic nitrogens is 2. The van der Waals surface area contributed by atoms with Crippen LogP contribution in [-0.2, 0) is 6.54 Å². The molecular formula is C29H25N3O2. The maximum atomic E-state index is 5.68. The zero-order chi connectivity index (χ0) is 23.1. The van der Waals surface area contributed by atoms with Gasteiger partial charge in [-0.2, -0.15) is 0 Å². The van der Waals surface area contributed by atoms with Crippen LogP contribution >= 0.6 is 0 Å². The summed E-state index contributed by atoms with van der Waals surface area (Å²) in [6.07, 6.45) is -0.114. The Kier molecular flexibility index (Phi) is 4.95. The van der Waals surface area contributed by atoms with Crippen LogP contribution < -0.4 is 14.4 Å². The van der Waals surface area contributed by atoms with E-state index >= 15 is 0 Å². The van der Waals surface area contributed by atoms with Gasteiger partial charge in [-0.05, 0) is 47.5 Å². The fraction of sp³-hybridized carbons (Fsp3) is 0.138. The number of benzene rings is 4. The third-order valence-electron chi connectivity index (χ3n) is 6.49. The molecule has 0 amide bonds. The number of fused-ring (bicyclic) bond motifs is 5. The predicted molar refractivity (Wildman–Crippen MR) is 135 cm³/mol. The first-order chi connectivity index (χ1) is 16.8. The second-order valence-corrected chi connectivity index (χ2v) is 8.41. The largest absolute Gasteiger partial charge is 0.493 e. The molecule has 1 aliphatic rings. The summed E-state index contributed by atoms with van der Waals surface area (Å²) < 4.78 is 13.6. The molecule has 2 heterocycles. The monoisotopic (exact) mass is 447 g/mol. The third kappa shape index (κ3) is 3.20. The normalized spacial score (nSPS) is 14.5. The molecule has 0 N–H and O–H groups in total. The fourth-order valence-corrected chi connectivity index (χ4v) is 4.96. The minimum absolute atomic E-state index is 0.114. The summed E-state index contributed by atoms with van der Waals surface area (Å²) in [6, 6.07) is 33.6. The van der Waals surface area contributed by atoms with Crippen molar-refractivity contribution in [3.8, 4) is 22.9 Å². The fourth-order valence-electron chi connectivity index (χ4n) is 4.96. The Morgan fingerprint density at radius 3 is 2.32 bits per heavy atom. The van der Waals surface area contributed by atoms with E-state index in [0.29, 0.717) is 11.5 Å². The molecule has 0 saturated heterocycles. The molecule has 6 rings (SSSR count). The van der Waals surface area contributed by atoms with Gasteiger partial charge in [0, 0.05) is 17.8 Å². The lowest BCUT2D eigenvalue weighted by Crippen LogP contribution is -2.36. The topological polar surface area (TPSA) is 39.5 Å². The van der Waals surface area contributed by atoms with Gasteiger partial charge in [-0.1, -0.05) is 60.7 Å². The average molecular weight is 448 g/mol. The van der Waals surface area contributed by atoms with E-state index < -0.39 is 0 Å². The summed E-state index contributed by atoms with van der Waals surface area (Å²) in [5.74, 6) is 2.40. The lowest BCUT2D eigenvalue weighted by atomic mass is 10.0. The van der Waals surface area contributed by atoms with Gasteiger partial charge in [0.15, 0.2) is 11.5 Å². The molecule has 0 unspecified atom stereocenters. The van der Waals surface area contributed by atoms with Crippen molar-refractivity contribution in [2.75, 3.05) is 19.1 Å². The van der Waals surface area contributed by atoms with Crippen LogP contribution in [0.5, 0.6) is 11.5 Å². The van der Waals surface area contributed by atoms with Crippen LogP contribution in [0, 0.1) is 0 Å². The zero-order valence-corrected chi connectivity index (χ0v) is 19.2. The lowest BCUT2D eigenvalue weighted by molar-refractivity contribution is 0.353. The summed E-state index contributed by atoms with van der Waals surface area (Å²) in [5.41, 5.74) is 6.73. The van der Waals surface area contributed by atoms with Crippen LogP contribution in [0.2, 0.25) is 0 Å². The predicted octanol–water partition coefficient (Wildman–Crippen LogP) is 6.29. The van der Waals surface area contributed by atoms with Crippen molar-refractivity contribution in [1.29, 1.82) is 0 Å². The van der Waals surface area contributed by atoms with Gasteiger partial charge in [0.2, 0.25) is 0 Å². The number of hydrogen-bond acceptors (Lipinski definition) is 4. The first-order valence-corrected chi connectivity index (χ1v) is 11.4. The van der Waals surface area contributed by atoms with Gasteiger partial charge in [-0.25, -0.2) is 4.98 Å². The standard InChI is InChI=1S/C29H25N3O2/c1-33-26-17-16-21(18-27(26)34-2)29-31(19-20-10-4-3-5-11-20)24-14-8-6-12-22(24)28-30-23-13-7-9-15-25(23)32(28)29/h3-18,29H,19H2,1-2H3/t29-/m1/s1. The van der Waals surface area contributed by atoms with Crippen LogP contribution in [0.15, 0.2) is 97.1 Å². The van der Waals surface area contributed by atoms with Crippen LogP contribution in [0.25, 0.3) is 22.4 Å². The van der Waals surface area contributed by atoms with Crippen molar-refractivity contribution in [2.24, 2.45) is 0 Å². The van der Waals surface area contributed by atoms with Crippen LogP contribution in [-0.4, -0.2) is 23.8 Å². The molecule has 168 valence electrons. The summed E-state index contributed by atoms with van der Waals surface area (Å²) in [6.45, 7) is 0.753. The Morgan fingerprint density at radius 1 is 0.765 bits per heavy atom. The lowest BCUT2D eigenvalue weighted by Gasteiger charge is -2.40. The first kappa shape index (κ1) is 20.4. The van der Waals surface area contributed by atoms with E-state index in [1.54, 1.807) is 14.2 Å². The molecule has 0 radical (unpaired) electrons. The van der Waals surface area contributed by atoms with Crippen molar-refractivity contribution < 1.29 is 9.47 Å². The van der Waals surface area contributed by atoms with Gasteiger partial charge in [0.1, 0.15) is 12.0 Å². The highest BCUT2D eigenvalue weighted by molar-refractivity contribution is 5.87. The van der Waals surface area contributed by atoms with Crippen molar-refractivity contribution in [3.05, 3.63) is 108 Å². The van der Waals surface area contributed by atoms with E-state index in [1.807, 2.05) is 12.1 Å². The second-order valence-electron chi connectivity index (χ2n) is 8.41. The Labute approximate surface area is 198 Å². The first-order valence-electron chi connectivity index (χ1n) is 11.4. The maximum Gasteiger partial charge on any atom is 0.161 e. The van der Waals surface area contributed by atoms with Gasteiger partial charge in [-0.3, -0.25) is 4.57 Å². The SMILES string of the molecule is COc1ccc([C@@H]2N(Cc3ccccc3)c3ccccc3-c3nc4ccccc4n32)cc1OC. The molecule has 0 saturated carbocycles. The minimum Gasteiger partial charge on any atom is -0.493 e. The Morgan fingerprint density at radius 2 is 1.50 bits per heavy atom. The summed E-state index contributed by atoms with van der Waals surface area (Å²) in [4.78, 5) is 7.52. The number of methoxy groups -OCH3 is 2. The molecule has 0 spiro atoms. The van der Waals surface area contributed by atoms with E-state index in [1.165, 1.54) is 5.56 Å². The highest BCUT2D eigenvalue weighted by Crippen LogP contribution is 2.46. The van der Waals surface area contributed by atoms with Crippen molar-refractivity contribution in [3.63, 3.8) is 0 Å². The highest BCUT2D eigenvalue weighted by atomic mass is 16.5. The molecule has 1 aromatic heterocycles. The Hall–Kier alpha value is -4.25. The van der Waals surface area contributed by atoms with E-state index in [-0.39, 0.29) is 6.17 Å². The van der Waals surface area contributed by atoms with Crippen LogP contribution in [0.3, 0.4) is 0 Å². The van der Waals surface area contributed by atoms with Crippen molar-refractivity contribution in [2.45, 2.75) is 12.7 Å². The van der Waals surface area contributed by atoms with E-state index in [9.17, 15) is 0 Å². The summed E-state index contributed by atoms with van der Waals surface area (Å²) in [5, 5.41) is 0. The van der Waals surface area contributed by atoms with Crippen LogP contribution in [0.1, 0.15) is 17.3 Å². The minimum atomic E-state index is -0.114. The number of ether oxygens (including phenoxy) is 2. The number of imidazole rings is 1. The highest BCUT2D eigenvalue weighted by Gasteiger charge is 2.34. The van der Waals surface area contributed by atoms with Gasteiger partial charge in [0.05, 0.1) is 25.3 Å². The maximum absolute atomic E-state index is 5.68.